The first kappa shape index (κ1) is 12.8. The predicted octanol–water partition coefficient (Wildman–Crippen LogP) is 2.75. The predicted molar refractivity (Wildman–Crippen MR) is 59.7 cm³/mol. The highest BCUT2D eigenvalue weighted by molar-refractivity contribution is 6.36. The number of hydrogen-bond acceptors (Lipinski definition) is 4. The molecule has 1 heterocycles. The molecule has 1 aromatic heterocycles. The van der Waals surface area contributed by atoms with Gasteiger partial charge in [-0.1, -0.05) is 23.2 Å². The van der Waals surface area contributed by atoms with Crippen molar-refractivity contribution in [1.29, 1.82) is 5.26 Å². The second-order valence-corrected chi connectivity index (χ2v) is 3.62. The summed E-state index contributed by atoms with van der Waals surface area (Å²) >= 11 is 11.7. The van der Waals surface area contributed by atoms with Gasteiger partial charge >= 0.3 is 5.97 Å². The number of carbonyl (C=O) groups is 1. The molecule has 0 N–H and O–H groups in total. The minimum absolute atomic E-state index is 0.0245. The van der Waals surface area contributed by atoms with Crippen molar-refractivity contribution in [3.8, 4) is 6.07 Å². The van der Waals surface area contributed by atoms with Crippen molar-refractivity contribution in [1.82, 2.24) is 4.98 Å². The molecule has 16 heavy (non-hydrogen) atoms. The van der Waals surface area contributed by atoms with E-state index in [0.29, 0.717) is 5.69 Å². The summed E-state index contributed by atoms with van der Waals surface area (Å²) in [5.74, 6) is -0.670. The minimum Gasteiger partial charge on any atom is -0.462 e. The molecule has 0 bridgehead atoms. The molecule has 0 saturated heterocycles. The van der Waals surface area contributed by atoms with Gasteiger partial charge in [-0.25, -0.2) is 9.78 Å². The van der Waals surface area contributed by atoms with Crippen LogP contribution in [0.4, 0.5) is 0 Å². The molecular weight excluding hydrogens is 251 g/mol. The fraction of sp³-hybridized carbons (Fsp3) is 0.300. The zero-order valence-electron chi connectivity index (χ0n) is 8.67. The third kappa shape index (κ3) is 2.26. The summed E-state index contributed by atoms with van der Waals surface area (Å²) in [6, 6.07) is 1.79. The molecule has 0 spiro atoms. The van der Waals surface area contributed by atoms with Gasteiger partial charge in [0, 0.05) is 0 Å². The minimum atomic E-state index is -0.670. The van der Waals surface area contributed by atoms with Crippen molar-refractivity contribution in [2.45, 2.75) is 13.8 Å². The Bertz CT molecular complexity index is 481. The van der Waals surface area contributed by atoms with E-state index in [2.05, 4.69) is 4.98 Å². The number of nitriles is 1. The van der Waals surface area contributed by atoms with Gasteiger partial charge < -0.3 is 4.74 Å². The van der Waals surface area contributed by atoms with Gasteiger partial charge in [-0.2, -0.15) is 5.26 Å². The van der Waals surface area contributed by atoms with Crippen molar-refractivity contribution in [3.63, 3.8) is 0 Å². The van der Waals surface area contributed by atoms with Crippen molar-refractivity contribution in [2.24, 2.45) is 0 Å². The first-order valence-electron chi connectivity index (χ1n) is 4.45. The highest BCUT2D eigenvalue weighted by atomic mass is 35.5. The molecule has 0 fully saturated rings. The molecule has 0 aromatic carbocycles. The number of hydrogen-bond donors (Lipinski definition) is 0. The van der Waals surface area contributed by atoms with Crippen LogP contribution in [0.5, 0.6) is 0 Å². The lowest BCUT2D eigenvalue weighted by Gasteiger charge is -2.08. The standard InChI is InChI=1S/C10H8Cl2N2O2/c1-3-16-10(15)7-6(4-13)9(12)14-5(2)8(7)11/h3H2,1-2H3. The third-order valence-corrected chi connectivity index (χ3v) is 2.59. The maximum absolute atomic E-state index is 11.6. The van der Waals surface area contributed by atoms with Gasteiger partial charge in [0.05, 0.1) is 17.3 Å². The first-order chi connectivity index (χ1) is 7.52. The molecule has 0 radical (unpaired) electrons. The molecule has 6 heteroatoms. The number of pyridine rings is 1. The van der Waals surface area contributed by atoms with Gasteiger partial charge in [0.2, 0.25) is 0 Å². The number of rotatable bonds is 2. The first-order valence-corrected chi connectivity index (χ1v) is 5.21. The number of aryl methyl sites for hydroxylation is 1. The summed E-state index contributed by atoms with van der Waals surface area (Å²) in [5.41, 5.74) is 0.299. The van der Waals surface area contributed by atoms with Crippen molar-refractivity contribution in [2.75, 3.05) is 6.61 Å². The number of carbonyl (C=O) groups excluding carboxylic acids is 1. The van der Waals surface area contributed by atoms with Gasteiger partial charge in [-0.15, -0.1) is 0 Å². The summed E-state index contributed by atoms with van der Waals surface area (Å²) < 4.78 is 4.80. The van der Waals surface area contributed by atoms with Crippen molar-refractivity contribution >= 4 is 29.2 Å². The van der Waals surface area contributed by atoms with E-state index in [-0.39, 0.29) is 27.9 Å². The third-order valence-electron chi connectivity index (χ3n) is 1.85. The lowest BCUT2D eigenvalue weighted by molar-refractivity contribution is 0.0526. The lowest BCUT2D eigenvalue weighted by Crippen LogP contribution is -2.10. The number of nitrogens with zero attached hydrogens (tertiary/aromatic N) is 2. The highest BCUT2D eigenvalue weighted by Gasteiger charge is 2.22. The maximum atomic E-state index is 11.6. The molecule has 0 atom stereocenters. The fourth-order valence-electron chi connectivity index (χ4n) is 1.14. The van der Waals surface area contributed by atoms with E-state index in [1.807, 2.05) is 0 Å². The molecule has 0 aliphatic carbocycles. The van der Waals surface area contributed by atoms with E-state index in [0.717, 1.165) is 0 Å². The maximum Gasteiger partial charge on any atom is 0.341 e. The van der Waals surface area contributed by atoms with Gasteiger partial charge in [-0.3, -0.25) is 0 Å². The average molecular weight is 259 g/mol. The Morgan fingerprint density at radius 3 is 2.69 bits per heavy atom. The second-order valence-electron chi connectivity index (χ2n) is 2.88. The Hall–Kier alpha value is -1.31. The molecule has 0 aliphatic rings. The summed E-state index contributed by atoms with van der Waals surface area (Å²) in [4.78, 5) is 15.5. The topological polar surface area (TPSA) is 63.0 Å². The summed E-state index contributed by atoms with van der Waals surface area (Å²) in [5, 5.41) is 8.94. The SMILES string of the molecule is CCOC(=O)c1c(Cl)c(C)nc(Cl)c1C#N. The zero-order chi connectivity index (χ0) is 12.3. The van der Waals surface area contributed by atoms with E-state index in [1.54, 1.807) is 19.9 Å². The highest BCUT2D eigenvalue weighted by Crippen LogP contribution is 2.28. The van der Waals surface area contributed by atoms with Crippen LogP contribution in [0.3, 0.4) is 0 Å². The van der Waals surface area contributed by atoms with E-state index < -0.39 is 5.97 Å². The summed E-state index contributed by atoms with van der Waals surface area (Å²) in [6.45, 7) is 3.45. The van der Waals surface area contributed by atoms with Crippen molar-refractivity contribution in [3.05, 3.63) is 27.0 Å². The van der Waals surface area contributed by atoms with Crippen LogP contribution in [-0.2, 0) is 4.74 Å². The Balaban J connectivity index is 3.46. The molecule has 4 nitrogen and oxygen atoms in total. The molecule has 0 amide bonds. The van der Waals surface area contributed by atoms with E-state index >= 15 is 0 Å². The van der Waals surface area contributed by atoms with Crippen LogP contribution in [-0.4, -0.2) is 17.6 Å². The van der Waals surface area contributed by atoms with Crippen LogP contribution in [0.25, 0.3) is 0 Å². The van der Waals surface area contributed by atoms with Crippen molar-refractivity contribution < 1.29 is 9.53 Å². The monoisotopic (exact) mass is 258 g/mol. The molecule has 0 unspecified atom stereocenters. The number of aromatic nitrogens is 1. The molecule has 84 valence electrons. The van der Waals surface area contributed by atoms with Gasteiger partial charge in [0.1, 0.15) is 22.3 Å². The van der Waals surface area contributed by atoms with Gasteiger partial charge in [-0.05, 0) is 13.8 Å². The van der Waals surface area contributed by atoms with Crippen LogP contribution in [0.15, 0.2) is 0 Å². The summed E-state index contributed by atoms with van der Waals surface area (Å²) in [7, 11) is 0. The van der Waals surface area contributed by atoms with Gasteiger partial charge in [0.25, 0.3) is 0 Å². The van der Waals surface area contributed by atoms with Crippen LogP contribution in [0.1, 0.15) is 28.5 Å². The van der Waals surface area contributed by atoms with Gasteiger partial charge in [0.15, 0.2) is 0 Å². The lowest BCUT2D eigenvalue weighted by atomic mass is 10.1. The number of ether oxygens (including phenoxy) is 1. The van der Waals surface area contributed by atoms with Crippen LogP contribution >= 0.6 is 23.2 Å². The Labute approximate surface area is 103 Å². The largest absolute Gasteiger partial charge is 0.462 e. The molecule has 1 aromatic rings. The molecule has 1 rings (SSSR count). The Kier molecular flexibility index (Phi) is 4.11. The number of esters is 1. The van der Waals surface area contributed by atoms with E-state index in [4.69, 9.17) is 33.2 Å². The molecular formula is C10H8Cl2N2O2. The van der Waals surface area contributed by atoms with Crippen LogP contribution < -0.4 is 0 Å². The van der Waals surface area contributed by atoms with Crippen LogP contribution in [0.2, 0.25) is 10.2 Å². The van der Waals surface area contributed by atoms with E-state index in [1.165, 1.54) is 0 Å². The second kappa shape index (κ2) is 5.15. The fourth-order valence-corrected chi connectivity index (χ4v) is 1.62. The zero-order valence-corrected chi connectivity index (χ0v) is 10.2. The summed E-state index contributed by atoms with van der Waals surface area (Å²) in [6.07, 6.45) is 0. The average Bonchev–Trinajstić information content (AvgIpc) is 2.23. The normalized spacial score (nSPS) is 9.69. The quantitative estimate of drug-likeness (QED) is 0.605. The van der Waals surface area contributed by atoms with Crippen LogP contribution in [0, 0.1) is 18.3 Å². The molecule has 0 aliphatic heterocycles. The molecule has 0 saturated carbocycles. The number of halogens is 2. The van der Waals surface area contributed by atoms with E-state index in [9.17, 15) is 4.79 Å². The Morgan fingerprint density at radius 2 is 2.19 bits per heavy atom. The Morgan fingerprint density at radius 1 is 1.56 bits per heavy atom. The smallest absolute Gasteiger partial charge is 0.341 e.